The lowest BCUT2D eigenvalue weighted by Crippen LogP contribution is -2.02. The highest BCUT2D eigenvalue weighted by molar-refractivity contribution is 7.86. The fraction of sp³-hybridized carbons (Fsp3) is 0. The molecular weight excluding hydrogens is 346 g/mol. The van der Waals surface area contributed by atoms with Gasteiger partial charge in [0.15, 0.2) is 0 Å². The fourth-order valence-electron chi connectivity index (χ4n) is 1.42. The maximum absolute atomic E-state index is 11.1. The third-order valence-corrected chi connectivity index (χ3v) is 3.22. The summed E-state index contributed by atoms with van der Waals surface area (Å²) in [5.74, 6) is 0. The Labute approximate surface area is 133 Å². The molecule has 122 valence electrons. The molecule has 0 aromatic heterocycles. The molecule has 2 aromatic carbocycles. The Balaban J connectivity index is 0.000000593. The molecule has 0 aliphatic rings. The first kappa shape index (κ1) is 18.4. The summed E-state index contributed by atoms with van der Waals surface area (Å²) in [5, 5.41) is 7.82. The van der Waals surface area contributed by atoms with Gasteiger partial charge in [0.2, 0.25) is 0 Å². The first-order chi connectivity index (χ1) is 10.7. The van der Waals surface area contributed by atoms with Gasteiger partial charge >= 0.3 is 10.6 Å². The van der Waals surface area contributed by atoms with Crippen LogP contribution in [0.5, 0.6) is 0 Å². The van der Waals surface area contributed by atoms with Gasteiger partial charge in [-0.2, -0.15) is 18.6 Å². The second-order valence-electron chi connectivity index (χ2n) is 3.94. The molecule has 0 aliphatic heterocycles. The summed E-state index contributed by atoms with van der Waals surface area (Å²) in [6, 6.07) is 13.0. The normalized spacial score (nSPS) is 10.8. The second kappa shape index (κ2) is 8.12. The Morgan fingerprint density at radius 2 is 1.43 bits per heavy atom. The zero-order valence-corrected chi connectivity index (χ0v) is 13.0. The van der Waals surface area contributed by atoms with Crippen LogP contribution in [-0.2, 0) is 20.7 Å². The van der Waals surface area contributed by atoms with Crippen molar-refractivity contribution in [1.29, 1.82) is 0 Å². The van der Waals surface area contributed by atoms with Crippen molar-refractivity contribution in [2.45, 2.75) is 4.90 Å². The highest BCUT2D eigenvalue weighted by Crippen LogP contribution is 2.25. The van der Waals surface area contributed by atoms with Gasteiger partial charge < -0.3 is 5.73 Å². The third-order valence-electron chi connectivity index (χ3n) is 2.31. The Morgan fingerprint density at radius 1 is 0.913 bits per heavy atom. The van der Waals surface area contributed by atoms with E-state index in [1.807, 2.05) is 6.07 Å². The molecule has 0 radical (unpaired) electrons. The number of nitrogen functional groups attached to an aromatic ring is 1. The smallest absolute Gasteiger partial charge is 0.398 e. The molecule has 0 aliphatic carbocycles. The molecule has 0 saturated carbocycles. The van der Waals surface area contributed by atoms with Crippen LogP contribution in [0.15, 0.2) is 63.7 Å². The van der Waals surface area contributed by atoms with Crippen LogP contribution in [0.1, 0.15) is 0 Å². The van der Waals surface area contributed by atoms with Crippen LogP contribution in [-0.4, -0.2) is 25.6 Å². The van der Waals surface area contributed by atoms with Crippen LogP contribution in [0.2, 0.25) is 0 Å². The number of hydrogen-bond acceptors (Lipinski definition) is 8. The Kier molecular flexibility index (Phi) is 6.50. The lowest BCUT2D eigenvalue weighted by atomic mass is 10.3. The van der Waals surface area contributed by atoms with E-state index in [1.54, 1.807) is 24.3 Å². The minimum atomic E-state index is -4.37. The largest absolute Gasteiger partial charge is 0.425 e. The maximum Gasteiger partial charge on any atom is 0.425 e. The first-order valence-corrected chi connectivity index (χ1v) is 8.24. The van der Waals surface area contributed by atoms with E-state index < -0.39 is 20.7 Å². The number of anilines is 1. The van der Waals surface area contributed by atoms with E-state index in [0.717, 1.165) is 6.07 Å². The lowest BCUT2D eigenvalue weighted by Gasteiger charge is -2.02. The summed E-state index contributed by atoms with van der Waals surface area (Å²) < 4.78 is 56.5. The molecule has 0 heterocycles. The van der Waals surface area contributed by atoms with Gasteiger partial charge in [0, 0.05) is 0 Å². The van der Waals surface area contributed by atoms with Crippen LogP contribution >= 0.6 is 0 Å². The summed E-state index contributed by atoms with van der Waals surface area (Å²) in [5.41, 5.74) is 6.35. The van der Waals surface area contributed by atoms with Crippen LogP contribution in [0.25, 0.3) is 0 Å². The van der Waals surface area contributed by atoms with Gasteiger partial charge in [0.1, 0.15) is 4.90 Å². The number of hydrogen-bond donors (Lipinski definition) is 2. The molecule has 2 rings (SSSR count). The number of nitrogens with two attached hydrogens (primary N) is 1. The molecule has 3 N–H and O–H groups in total. The van der Waals surface area contributed by atoms with Gasteiger partial charge in [0.05, 0.1) is 17.1 Å². The molecular formula is C12H11N3O6S2. The summed E-state index contributed by atoms with van der Waals surface area (Å²) in [4.78, 5) is -0.378. The molecule has 0 amide bonds. The molecule has 2 aromatic rings. The monoisotopic (exact) mass is 357 g/mol. The van der Waals surface area contributed by atoms with E-state index in [1.165, 1.54) is 12.1 Å². The molecule has 0 unspecified atom stereocenters. The van der Waals surface area contributed by atoms with Gasteiger partial charge in [-0.15, -0.1) is 12.6 Å². The second-order valence-corrected chi connectivity index (χ2v) is 5.74. The van der Waals surface area contributed by atoms with Crippen molar-refractivity contribution in [3.63, 3.8) is 0 Å². The quantitative estimate of drug-likeness (QED) is 0.482. The van der Waals surface area contributed by atoms with Crippen LogP contribution < -0.4 is 5.73 Å². The summed E-state index contributed by atoms with van der Waals surface area (Å²) >= 11 is 0. The van der Waals surface area contributed by atoms with Crippen LogP contribution in [0, 0.1) is 0 Å². The average molecular weight is 357 g/mol. The van der Waals surface area contributed by atoms with Crippen molar-refractivity contribution < 1.29 is 25.6 Å². The number of benzene rings is 2. The van der Waals surface area contributed by atoms with Gasteiger partial charge in [-0.25, -0.2) is 0 Å². The topological polar surface area (TPSA) is 156 Å². The van der Waals surface area contributed by atoms with Gasteiger partial charge in [-0.1, -0.05) is 18.2 Å². The van der Waals surface area contributed by atoms with Crippen molar-refractivity contribution >= 4 is 37.8 Å². The highest BCUT2D eigenvalue weighted by atomic mass is 32.2. The molecule has 0 saturated heterocycles. The van der Waals surface area contributed by atoms with Gasteiger partial charge in [-0.05, 0) is 30.3 Å². The van der Waals surface area contributed by atoms with Crippen LogP contribution in [0.3, 0.4) is 0 Å². The number of nitrogens with zero attached hydrogens (tertiary/aromatic N) is 2. The van der Waals surface area contributed by atoms with Crippen molar-refractivity contribution in [1.82, 2.24) is 0 Å². The average Bonchev–Trinajstić information content (AvgIpc) is 2.46. The third kappa shape index (κ3) is 6.78. The van der Waals surface area contributed by atoms with Gasteiger partial charge in [-0.3, -0.25) is 4.55 Å². The van der Waals surface area contributed by atoms with Crippen molar-refractivity contribution in [3.05, 3.63) is 48.5 Å². The van der Waals surface area contributed by atoms with E-state index in [0.29, 0.717) is 5.69 Å². The zero-order valence-electron chi connectivity index (χ0n) is 11.4. The van der Waals surface area contributed by atoms with E-state index in [4.69, 9.17) is 22.9 Å². The Morgan fingerprint density at radius 3 is 1.96 bits per heavy atom. The molecule has 0 spiro atoms. The van der Waals surface area contributed by atoms with E-state index in [-0.39, 0.29) is 16.3 Å². The SMILES string of the molecule is Nc1ccc(N=Nc2ccccc2)cc1S(=O)(=O)O.O=S(=O)=O. The Bertz CT molecular complexity index is 903. The molecule has 0 fully saturated rings. The van der Waals surface area contributed by atoms with E-state index in [2.05, 4.69) is 10.2 Å². The minimum Gasteiger partial charge on any atom is -0.398 e. The van der Waals surface area contributed by atoms with Crippen molar-refractivity contribution in [3.8, 4) is 0 Å². The Hall–Kier alpha value is -2.63. The van der Waals surface area contributed by atoms with E-state index >= 15 is 0 Å². The van der Waals surface area contributed by atoms with E-state index in [9.17, 15) is 8.42 Å². The number of azo groups is 1. The predicted molar refractivity (Wildman–Crippen MR) is 81.0 cm³/mol. The standard InChI is InChI=1S/C12H11N3O3S.O3S/c13-11-7-6-10(8-12(11)19(16,17)18)15-14-9-4-2-1-3-5-9;1-4(2)3/h1-8H,13H2,(H,16,17,18);. The summed E-state index contributed by atoms with van der Waals surface area (Å²) in [7, 11) is -7.48. The van der Waals surface area contributed by atoms with Gasteiger partial charge in [0.25, 0.3) is 10.1 Å². The van der Waals surface area contributed by atoms with Crippen molar-refractivity contribution in [2.75, 3.05) is 5.73 Å². The first-order valence-electron chi connectivity index (χ1n) is 5.80. The van der Waals surface area contributed by atoms with Crippen LogP contribution in [0.4, 0.5) is 17.1 Å². The molecule has 23 heavy (non-hydrogen) atoms. The van der Waals surface area contributed by atoms with Crippen molar-refractivity contribution in [2.24, 2.45) is 10.2 Å². The zero-order chi connectivity index (χ0) is 17.5. The molecule has 11 heteroatoms. The molecule has 0 bridgehead atoms. The minimum absolute atomic E-state index is 0.0406. The lowest BCUT2D eigenvalue weighted by molar-refractivity contribution is 0.483. The fourth-order valence-corrected chi connectivity index (χ4v) is 2.05. The highest BCUT2D eigenvalue weighted by Gasteiger charge is 2.14. The summed E-state index contributed by atoms with van der Waals surface area (Å²) in [6.45, 7) is 0. The number of rotatable bonds is 3. The molecule has 9 nitrogen and oxygen atoms in total. The maximum atomic E-state index is 11.1. The summed E-state index contributed by atoms with van der Waals surface area (Å²) in [6.07, 6.45) is 0. The predicted octanol–water partition coefficient (Wildman–Crippen LogP) is 1.93. The molecule has 0 atom stereocenters.